The number of carbonyl (C=O) groups excluding carboxylic acids is 1. The Morgan fingerprint density at radius 3 is 3.00 bits per heavy atom. The second-order valence-corrected chi connectivity index (χ2v) is 5.52. The predicted molar refractivity (Wildman–Crippen MR) is 71.3 cm³/mol. The van der Waals surface area contributed by atoms with Crippen LogP contribution in [0.4, 0.5) is 0 Å². The highest BCUT2D eigenvalue weighted by Gasteiger charge is 2.50. The van der Waals surface area contributed by atoms with Crippen LogP contribution in [0.1, 0.15) is 31.4 Å². The van der Waals surface area contributed by atoms with Crippen molar-refractivity contribution in [2.75, 3.05) is 20.1 Å². The lowest BCUT2D eigenvalue weighted by Crippen LogP contribution is -2.53. The highest BCUT2D eigenvalue weighted by atomic mass is 16.2. The number of nitrogens with zero attached hydrogens (tertiary/aromatic N) is 3. The van der Waals surface area contributed by atoms with Crippen molar-refractivity contribution < 1.29 is 4.79 Å². The maximum absolute atomic E-state index is 12.5. The number of amides is 1. The third kappa shape index (κ3) is 2.12. The molecule has 1 aliphatic carbocycles. The van der Waals surface area contributed by atoms with Crippen LogP contribution in [-0.2, 0) is 10.3 Å². The molecule has 1 saturated heterocycles. The highest BCUT2D eigenvalue weighted by Crippen LogP contribution is 2.41. The summed E-state index contributed by atoms with van der Waals surface area (Å²) in [4.78, 5) is 23.4. The second-order valence-electron chi connectivity index (χ2n) is 5.52. The Labute approximate surface area is 113 Å². The minimum absolute atomic E-state index is 0.0474. The summed E-state index contributed by atoms with van der Waals surface area (Å²) in [6, 6.07) is 0. The molecule has 2 fully saturated rings. The number of aromatic nitrogens is 2. The van der Waals surface area contributed by atoms with Gasteiger partial charge in [-0.1, -0.05) is 0 Å². The molecular formula is C14H20N4O. The molecule has 19 heavy (non-hydrogen) atoms. The van der Waals surface area contributed by atoms with Crippen LogP contribution in [-0.4, -0.2) is 40.9 Å². The Hall–Kier alpha value is -1.49. The molecule has 2 heterocycles. The molecule has 2 aliphatic rings. The molecule has 0 unspecified atom stereocenters. The largest absolute Gasteiger partial charge is 0.357 e. The van der Waals surface area contributed by atoms with Crippen molar-refractivity contribution in [1.82, 2.24) is 20.2 Å². The van der Waals surface area contributed by atoms with Crippen LogP contribution in [0.15, 0.2) is 18.6 Å². The van der Waals surface area contributed by atoms with E-state index in [0.29, 0.717) is 0 Å². The SMILES string of the molecule is CNC(=O)[C@@]1(c2cnccn2)CCCN1CC1CC1. The predicted octanol–water partition coefficient (Wildman–Crippen LogP) is 0.924. The van der Waals surface area contributed by atoms with Gasteiger partial charge in [-0.2, -0.15) is 0 Å². The first-order valence-corrected chi connectivity index (χ1v) is 7.01. The Kier molecular flexibility index (Phi) is 3.22. The highest BCUT2D eigenvalue weighted by molar-refractivity contribution is 5.87. The monoisotopic (exact) mass is 260 g/mol. The summed E-state index contributed by atoms with van der Waals surface area (Å²) in [7, 11) is 1.70. The molecule has 1 aromatic heterocycles. The van der Waals surface area contributed by atoms with E-state index in [1.165, 1.54) is 12.8 Å². The number of hydrogen-bond acceptors (Lipinski definition) is 4. The molecule has 1 N–H and O–H groups in total. The van der Waals surface area contributed by atoms with E-state index in [1.54, 1.807) is 25.6 Å². The van der Waals surface area contributed by atoms with Gasteiger partial charge in [0.15, 0.2) is 0 Å². The fraction of sp³-hybridized carbons (Fsp3) is 0.643. The van der Waals surface area contributed by atoms with Gasteiger partial charge in [0.25, 0.3) is 0 Å². The van der Waals surface area contributed by atoms with Crippen molar-refractivity contribution in [2.45, 2.75) is 31.2 Å². The van der Waals surface area contributed by atoms with Crippen molar-refractivity contribution >= 4 is 5.91 Å². The number of nitrogens with one attached hydrogen (secondary N) is 1. The first kappa shape index (κ1) is 12.5. The minimum Gasteiger partial charge on any atom is -0.357 e. The van der Waals surface area contributed by atoms with Crippen molar-refractivity contribution in [2.24, 2.45) is 5.92 Å². The Bertz CT molecular complexity index is 460. The van der Waals surface area contributed by atoms with Gasteiger partial charge in [-0.25, -0.2) is 0 Å². The minimum atomic E-state index is -0.606. The van der Waals surface area contributed by atoms with Gasteiger partial charge in [0.2, 0.25) is 5.91 Å². The average Bonchev–Trinajstić information content (AvgIpc) is 3.17. The van der Waals surface area contributed by atoms with Gasteiger partial charge in [-0.3, -0.25) is 19.7 Å². The maximum atomic E-state index is 12.5. The molecule has 0 spiro atoms. The van der Waals surface area contributed by atoms with E-state index in [1.807, 2.05) is 0 Å². The van der Waals surface area contributed by atoms with E-state index in [2.05, 4.69) is 20.2 Å². The number of hydrogen-bond donors (Lipinski definition) is 1. The van der Waals surface area contributed by atoms with E-state index in [9.17, 15) is 4.79 Å². The molecule has 0 aromatic carbocycles. The normalized spacial score (nSPS) is 27.4. The van der Waals surface area contributed by atoms with E-state index < -0.39 is 5.54 Å². The first-order valence-electron chi connectivity index (χ1n) is 7.01. The molecule has 5 heteroatoms. The summed E-state index contributed by atoms with van der Waals surface area (Å²) in [5.74, 6) is 0.810. The number of likely N-dealkylation sites (N-methyl/N-ethyl adjacent to an activating group) is 1. The summed E-state index contributed by atoms with van der Waals surface area (Å²) in [6.45, 7) is 1.98. The van der Waals surface area contributed by atoms with Crippen molar-refractivity contribution in [3.63, 3.8) is 0 Å². The lowest BCUT2D eigenvalue weighted by atomic mass is 9.90. The molecule has 1 amide bonds. The van der Waals surface area contributed by atoms with E-state index >= 15 is 0 Å². The molecule has 0 radical (unpaired) electrons. The molecule has 1 aliphatic heterocycles. The zero-order valence-electron chi connectivity index (χ0n) is 11.3. The lowest BCUT2D eigenvalue weighted by molar-refractivity contribution is -0.132. The van der Waals surface area contributed by atoms with Crippen molar-refractivity contribution in [1.29, 1.82) is 0 Å². The standard InChI is InChI=1S/C14H20N4O/c1-15-13(19)14(12-9-16-6-7-17-12)5-2-8-18(14)10-11-3-4-11/h6-7,9,11H,2-5,8,10H2,1H3,(H,15,19)/t14-/m0/s1. The molecule has 0 bridgehead atoms. The number of carbonyl (C=O) groups is 1. The van der Waals surface area contributed by atoms with Crippen LogP contribution in [0.25, 0.3) is 0 Å². The second kappa shape index (κ2) is 4.89. The Morgan fingerprint density at radius 1 is 1.53 bits per heavy atom. The quantitative estimate of drug-likeness (QED) is 0.874. The van der Waals surface area contributed by atoms with E-state index in [4.69, 9.17) is 0 Å². The zero-order valence-corrected chi connectivity index (χ0v) is 11.3. The van der Waals surface area contributed by atoms with Gasteiger partial charge in [0.1, 0.15) is 5.54 Å². The Balaban J connectivity index is 1.97. The molecule has 3 rings (SSSR count). The molecule has 1 atom stereocenters. The van der Waals surface area contributed by atoms with Crippen LogP contribution in [0.5, 0.6) is 0 Å². The zero-order chi connectivity index (χ0) is 13.3. The van der Waals surface area contributed by atoms with Gasteiger partial charge in [0, 0.05) is 26.0 Å². The fourth-order valence-electron chi connectivity index (χ4n) is 3.12. The molecule has 1 saturated carbocycles. The van der Waals surface area contributed by atoms with Gasteiger partial charge >= 0.3 is 0 Å². The van der Waals surface area contributed by atoms with Gasteiger partial charge in [0.05, 0.1) is 11.9 Å². The van der Waals surface area contributed by atoms with E-state index in [-0.39, 0.29) is 5.91 Å². The lowest BCUT2D eigenvalue weighted by Gasteiger charge is -2.36. The summed E-state index contributed by atoms with van der Waals surface area (Å²) in [5.41, 5.74) is 0.179. The smallest absolute Gasteiger partial charge is 0.246 e. The summed E-state index contributed by atoms with van der Waals surface area (Å²) >= 11 is 0. The first-order chi connectivity index (χ1) is 9.27. The topological polar surface area (TPSA) is 58.1 Å². The fourth-order valence-corrected chi connectivity index (χ4v) is 3.12. The average molecular weight is 260 g/mol. The van der Waals surface area contributed by atoms with Crippen molar-refractivity contribution in [3.8, 4) is 0 Å². The molecular weight excluding hydrogens is 240 g/mol. The molecule has 102 valence electrons. The maximum Gasteiger partial charge on any atom is 0.246 e. The summed E-state index contributed by atoms with van der Waals surface area (Å²) in [6.07, 6.45) is 9.52. The molecule has 1 aromatic rings. The van der Waals surface area contributed by atoms with E-state index in [0.717, 1.165) is 37.5 Å². The van der Waals surface area contributed by atoms with Gasteiger partial charge in [-0.05, 0) is 38.1 Å². The number of rotatable bonds is 4. The van der Waals surface area contributed by atoms with Gasteiger partial charge in [-0.15, -0.1) is 0 Å². The van der Waals surface area contributed by atoms with Crippen LogP contribution in [0.2, 0.25) is 0 Å². The van der Waals surface area contributed by atoms with Crippen LogP contribution in [0, 0.1) is 5.92 Å². The number of likely N-dealkylation sites (tertiary alicyclic amines) is 1. The van der Waals surface area contributed by atoms with Crippen LogP contribution < -0.4 is 5.32 Å². The third-order valence-electron chi connectivity index (χ3n) is 4.27. The Morgan fingerprint density at radius 2 is 2.37 bits per heavy atom. The van der Waals surface area contributed by atoms with Crippen LogP contribution >= 0.6 is 0 Å². The molecule has 5 nitrogen and oxygen atoms in total. The van der Waals surface area contributed by atoms with Crippen LogP contribution in [0.3, 0.4) is 0 Å². The third-order valence-corrected chi connectivity index (χ3v) is 4.27. The van der Waals surface area contributed by atoms with Gasteiger partial charge < -0.3 is 5.32 Å². The summed E-state index contributed by atoms with van der Waals surface area (Å²) < 4.78 is 0. The summed E-state index contributed by atoms with van der Waals surface area (Å²) in [5, 5.41) is 2.82. The van der Waals surface area contributed by atoms with Crippen molar-refractivity contribution in [3.05, 3.63) is 24.3 Å².